The number of benzene rings is 3. The summed E-state index contributed by atoms with van der Waals surface area (Å²) in [6.07, 6.45) is 6.86. The quantitative estimate of drug-likeness (QED) is 0.368. The molecule has 1 aliphatic carbocycles. The van der Waals surface area contributed by atoms with Crippen LogP contribution in [0.4, 0.5) is 0 Å². The van der Waals surface area contributed by atoms with Crippen molar-refractivity contribution in [3.05, 3.63) is 102 Å². The maximum atomic E-state index is 13.8. The topological polar surface area (TPSA) is 58.6 Å². The minimum Gasteiger partial charge on any atom is -0.484 e. The molecule has 1 atom stereocenters. The molecule has 0 aliphatic heterocycles. The molecule has 0 spiro atoms. The Morgan fingerprint density at radius 3 is 2.08 bits per heavy atom. The first kappa shape index (κ1) is 26.5. The Balaban J connectivity index is 1.57. The van der Waals surface area contributed by atoms with Gasteiger partial charge in [0.1, 0.15) is 11.8 Å². The number of nitrogens with zero attached hydrogens (tertiary/aromatic N) is 1. The number of hydrogen-bond acceptors (Lipinski definition) is 3. The summed E-state index contributed by atoms with van der Waals surface area (Å²) >= 11 is 0. The minimum absolute atomic E-state index is 0.0904. The predicted octanol–water partition coefficient (Wildman–Crippen LogP) is 5.72. The Labute approximate surface area is 220 Å². The average molecular weight is 499 g/mol. The summed E-state index contributed by atoms with van der Waals surface area (Å²) < 4.78 is 5.89. The number of nitrogens with one attached hydrogen (secondary N) is 1. The molecule has 0 bridgehead atoms. The Kier molecular flexibility index (Phi) is 9.75. The first-order chi connectivity index (χ1) is 18.1. The van der Waals surface area contributed by atoms with Crippen LogP contribution in [0.15, 0.2) is 84.9 Å². The molecule has 0 aromatic heterocycles. The molecule has 4 rings (SSSR count). The van der Waals surface area contributed by atoms with Gasteiger partial charge in [0.2, 0.25) is 5.91 Å². The number of carbonyl (C=O) groups excluding carboxylic acids is 2. The summed E-state index contributed by atoms with van der Waals surface area (Å²) in [6, 6.07) is 27.1. The van der Waals surface area contributed by atoms with Crippen LogP contribution in [-0.4, -0.2) is 35.4 Å². The molecule has 37 heavy (non-hydrogen) atoms. The first-order valence-corrected chi connectivity index (χ1v) is 13.5. The molecule has 2 amide bonds. The summed E-state index contributed by atoms with van der Waals surface area (Å²) in [5.74, 6) is 0.354. The Bertz CT molecular complexity index is 1110. The molecule has 1 unspecified atom stereocenters. The maximum absolute atomic E-state index is 13.8. The Morgan fingerprint density at radius 2 is 1.46 bits per heavy atom. The lowest BCUT2D eigenvalue weighted by molar-refractivity contribution is -0.143. The van der Waals surface area contributed by atoms with E-state index in [1.54, 1.807) is 4.90 Å². The van der Waals surface area contributed by atoms with Gasteiger partial charge in [-0.1, -0.05) is 99.0 Å². The van der Waals surface area contributed by atoms with Crippen LogP contribution in [0.1, 0.15) is 55.7 Å². The molecule has 5 nitrogen and oxygen atoms in total. The molecule has 1 saturated carbocycles. The van der Waals surface area contributed by atoms with E-state index in [0.717, 1.165) is 43.2 Å². The second kappa shape index (κ2) is 13.6. The number of aryl methyl sites for hydroxylation is 1. The number of carbonyl (C=O) groups is 2. The van der Waals surface area contributed by atoms with E-state index in [4.69, 9.17) is 4.74 Å². The van der Waals surface area contributed by atoms with Crippen molar-refractivity contribution in [2.24, 2.45) is 0 Å². The Morgan fingerprint density at radius 1 is 0.838 bits per heavy atom. The second-order valence-corrected chi connectivity index (χ2v) is 9.84. The van der Waals surface area contributed by atoms with Crippen molar-refractivity contribution in [2.75, 3.05) is 6.61 Å². The summed E-state index contributed by atoms with van der Waals surface area (Å²) in [5, 5.41) is 3.27. The molecular weight excluding hydrogens is 460 g/mol. The molecule has 0 radical (unpaired) electrons. The van der Waals surface area contributed by atoms with E-state index in [2.05, 4.69) is 12.2 Å². The number of ether oxygens (including phenoxy) is 1. The van der Waals surface area contributed by atoms with Gasteiger partial charge in [0, 0.05) is 19.0 Å². The third-order valence-corrected chi connectivity index (χ3v) is 7.11. The van der Waals surface area contributed by atoms with Crippen molar-refractivity contribution in [3.8, 4) is 5.75 Å². The molecule has 1 aliphatic rings. The van der Waals surface area contributed by atoms with Crippen molar-refractivity contribution in [1.82, 2.24) is 10.2 Å². The van der Waals surface area contributed by atoms with Crippen LogP contribution in [-0.2, 0) is 29.0 Å². The fraction of sp³-hybridized carbons (Fsp3) is 0.375. The van der Waals surface area contributed by atoms with Crippen LogP contribution in [0, 0.1) is 0 Å². The molecule has 0 heterocycles. The second-order valence-electron chi connectivity index (χ2n) is 9.84. The van der Waals surface area contributed by atoms with Crippen molar-refractivity contribution in [3.63, 3.8) is 0 Å². The summed E-state index contributed by atoms with van der Waals surface area (Å²) in [4.78, 5) is 29.1. The standard InChI is InChI=1S/C32H38N2O3/c1-2-25-18-20-29(21-19-25)37-24-31(35)34(23-27-14-8-4-9-15-27)30(22-26-12-6-3-7-13-26)32(36)33-28-16-10-5-11-17-28/h3-4,6-9,12-15,18-21,28,30H,2,5,10-11,16-17,22-24H2,1H3,(H,33,36). The van der Waals surface area contributed by atoms with E-state index >= 15 is 0 Å². The first-order valence-electron chi connectivity index (χ1n) is 13.5. The summed E-state index contributed by atoms with van der Waals surface area (Å²) in [7, 11) is 0. The normalized spacial score (nSPS) is 14.5. The van der Waals surface area contributed by atoms with Gasteiger partial charge in [0.15, 0.2) is 6.61 Å². The van der Waals surface area contributed by atoms with Crippen LogP contribution in [0.5, 0.6) is 5.75 Å². The molecular formula is C32H38N2O3. The van der Waals surface area contributed by atoms with Crippen LogP contribution >= 0.6 is 0 Å². The number of amides is 2. The van der Waals surface area contributed by atoms with Gasteiger partial charge in [-0.05, 0) is 48.1 Å². The maximum Gasteiger partial charge on any atom is 0.261 e. The van der Waals surface area contributed by atoms with E-state index < -0.39 is 6.04 Å². The summed E-state index contributed by atoms with van der Waals surface area (Å²) in [5.41, 5.74) is 3.21. The smallest absolute Gasteiger partial charge is 0.261 e. The van der Waals surface area contributed by atoms with Gasteiger partial charge in [-0.25, -0.2) is 0 Å². The van der Waals surface area contributed by atoms with Gasteiger partial charge in [-0.15, -0.1) is 0 Å². The monoisotopic (exact) mass is 498 g/mol. The van der Waals surface area contributed by atoms with Gasteiger partial charge in [-0.2, -0.15) is 0 Å². The van der Waals surface area contributed by atoms with E-state index in [9.17, 15) is 9.59 Å². The lowest BCUT2D eigenvalue weighted by atomic mass is 9.94. The zero-order valence-electron chi connectivity index (χ0n) is 21.8. The van der Waals surface area contributed by atoms with Gasteiger partial charge in [0.05, 0.1) is 0 Å². The SMILES string of the molecule is CCc1ccc(OCC(=O)N(Cc2ccccc2)C(Cc2ccccc2)C(=O)NC2CCCCC2)cc1. The van der Waals surface area contributed by atoms with Crippen molar-refractivity contribution in [1.29, 1.82) is 0 Å². The fourth-order valence-corrected chi connectivity index (χ4v) is 4.93. The molecule has 1 fully saturated rings. The highest BCUT2D eigenvalue weighted by atomic mass is 16.5. The average Bonchev–Trinajstić information content (AvgIpc) is 2.95. The van der Waals surface area contributed by atoms with Crippen LogP contribution in [0.3, 0.4) is 0 Å². The Hall–Kier alpha value is -3.60. The zero-order chi connectivity index (χ0) is 25.9. The van der Waals surface area contributed by atoms with Gasteiger partial charge in [0.25, 0.3) is 5.91 Å². The lowest BCUT2D eigenvalue weighted by Crippen LogP contribution is -2.53. The molecule has 3 aromatic rings. The van der Waals surface area contributed by atoms with Gasteiger partial charge >= 0.3 is 0 Å². The molecule has 1 N–H and O–H groups in total. The third kappa shape index (κ3) is 7.94. The zero-order valence-corrected chi connectivity index (χ0v) is 21.8. The van der Waals surface area contributed by atoms with E-state index in [-0.39, 0.29) is 24.5 Å². The van der Waals surface area contributed by atoms with E-state index in [1.807, 2.05) is 84.9 Å². The number of rotatable bonds is 11. The number of hydrogen-bond donors (Lipinski definition) is 1. The van der Waals surface area contributed by atoms with Crippen molar-refractivity contribution >= 4 is 11.8 Å². The van der Waals surface area contributed by atoms with Crippen LogP contribution in [0.25, 0.3) is 0 Å². The van der Waals surface area contributed by atoms with Crippen LogP contribution in [0.2, 0.25) is 0 Å². The largest absolute Gasteiger partial charge is 0.484 e. The van der Waals surface area contributed by atoms with E-state index in [0.29, 0.717) is 18.7 Å². The van der Waals surface area contributed by atoms with Gasteiger partial charge in [-0.3, -0.25) is 9.59 Å². The van der Waals surface area contributed by atoms with E-state index in [1.165, 1.54) is 12.0 Å². The third-order valence-electron chi connectivity index (χ3n) is 7.11. The predicted molar refractivity (Wildman–Crippen MR) is 147 cm³/mol. The molecule has 194 valence electrons. The molecule has 0 saturated heterocycles. The van der Waals surface area contributed by atoms with Crippen LogP contribution < -0.4 is 10.1 Å². The highest BCUT2D eigenvalue weighted by molar-refractivity contribution is 5.88. The summed E-state index contributed by atoms with van der Waals surface area (Å²) in [6.45, 7) is 2.32. The fourth-order valence-electron chi connectivity index (χ4n) is 4.93. The van der Waals surface area contributed by atoms with Crippen molar-refractivity contribution in [2.45, 2.75) is 70.5 Å². The highest BCUT2D eigenvalue weighted by Gasteiger charge is 2.32. The lowest BCUT2D eigenvalue weighted by Gasteiger charge is -2.33. The molecule has 3 aromatic carbocycles. The highest BCUT2D eigenvalue weighted by Crippen LogP contribution is 2.20. The van der Waals surface area contributed by atoms with Crippen molar-refractivity contribution < 1.29 is 14.3 Å². The molecule has 5 heteroatoms. The van der Waals surface area contributed by atoms with Gasteiger partial charge < -0.3 is 15.0 Å². The minimum atomic E-state index is -0.636.